The van der Waals surface area contributed by atoms with Crippen molar-refractivity contribution in [2.24, 2.45) is 10.4 Å². The predicted molar refractivity (Wildman–Crippen MR) is 115 cm³/mol. The number of aliphatic imine (C=N–C) groups is 1. The maximum atomic E-state index is 8.61. The summed E-state index contributed by atoms with van der Waals surface area (Å²) < 4.78 is 8.61. The topological polar surface area (TPSA) is 32.6 Å². The second kappa shape index (κ2) is 11.3. The minimum atomic E-state index is 0.294. The van der Waals surface area contributed by atoms with Crippen LogP contribution in [0.25, 0.3) is 0 Å². The summed E-state index contributed by atoms with van der Waals surface area (Å²) in [7, 11) is 0. The lowest BCUT2D eigenvalue weighted by Crippen LogP contribution is -2.19. The van der Waals surface area contributed by atoms with Gasteiger partial charge in [0.05, 0.1) is 6.54 Å². The molecule has 0 fully saturated rings. The molecule has 0 aromatic rings. The van der Waals surface area contributed by atoms with E-state index < -0.39 is 0 Å². The number of nitrogens with zero attached hydrogens (tertiary/aromatic N) is 1. The summed E-state index contributed by atoms with van der Waals surface area (Å²) in [6.45, 7) is 11.8. The van der Waals surface area contributed by atoms with Crippen LogP contribution in [-0.2, 0) is 0 Å². The molecular formula is C22H33NOS. The highest BCUT2D eigenvalue weighted by Crippen LogP contribution is 2.40. The average Bonchev–Trinajstić information content (AvgIpc) is 2.53. The van der Waals surface area contributed by atoms with Gasteiger partial charge in [-0.15, -0.1) is 0 Å². The molecule has 1 aliphatic rings. The Kier molecular flexibility index (Phi) is 9.84. The maximum absolute atomic E-state index is 8.61. The molecule has 0 aliphatic heterocycles. The minimum Gasteiger partial charge on any atom is -0.330 e. The SMILES string of the molecule is CC1=C(/C=C/C(C)=C/C=C/C(C)=C/C=NCCSO)C(C)(C)CCC1. The lowest BCUT2D eigenvalue weighted by molar-refractivity contribution is 0.377. The number of rotatable bonds is 8. The quantitative estimate of drug-likeness (QED) is 0.224. The predicted octanol–water partition coefficient (Wildman–Crippen LogP) is 6.80. The third-order valence-electron chi connectivity index (χ3n) is 4.53. The second-order valence-corrected chi connectivity index (χ2v) is 8.00. The van der Waals surface area contributed by atoms with E-state index in [1.807, 2.05) is 6.08 Å². The fourth-order valence-electron chi connectivity index (χ4n) is 3.03. The Hall–Kier alpha value is -1.32. The molecule has 0 bridgehead atoms. The van der Waals surface area contributed by atoms with Crippen LogP contribution in [-0.4, -0.2) is 23.1 Å². The van der Waals surface area contributed by atoms with Crippen molar-refractivity contribution < 1.29 is 4.55 Å². The summed E-state index contributed by atoms with van der Waals surface area (Å²) in [6.07, 6.45) is 18.4. The van der Waals surface area contributed by atoms with Gasteiger partial charge in [-0.25, -0.2) is 0 Å². The number of allylic oxidation sites excluding steroid dienone is 10. The fourth-order valence-corrected chi connectivity index (χ4v) is 3.21. The van der Waals surface area contributed by atoms with E-state index in [0.29, 0.717) is 17.7 Å². The van der Waals surface area contributed by atoms with E-state index >= 15 is 0 Å². The van der Waals surface area contributed by atoms with E-state index in [0.717, 1.165) is 17.6 Å². The van der Waals surface area contributed by atoms with Crippen LogP contribution >= 0.6 is 12.0 Å². The van der Waals surface area contributed by atoms with E-state index in [4.69, 9.17) is 4.55 Å². The molecule has 1 N–H and O–H groups in total. The highest BCUT2D eigenvalue weighted by Gasteiger charge is 2.26. The van der Waals surface area contributed by atoms with E-state index in [1.54, 1.807) is 6.21 Å². The van der Waals surface area contributed by atoms with Gasteiger partial charge >= 0.3 is 0 Å². The van der Waals surface area contributed by atoms with Crippen molar-refractivity contribution >= 4 is 18.3 Å². The van der Waals surface area contributed by atoms with Crippen LogP contribution in [0.1, 0.15) is 53.9 Å². The Labute approximate surface area is 158 Å². The van der Waals surface area contributed by atoms with Gasteiger partial charge in [-0.3, -0.25) is 4.99 Å². The van der Waals surface area contributed by atoms with Gasteiger partial charge < -0.3 is 4.55 Å². The average molecular weight is 360 g/mol. The van der Waals surface area contributed by atoms with E-state index in [9.17, 15) is 0 Å². The zero-order valence-corrected chi connectivity index (χ0v) is 17.2. The molecule has 0 unspecified atom stereocenters. The second-order valence-electron chi connectivity index (χ2n) is 7.33. The molecule has 0 atom stereocenters. The number of hydrogen-bond donors (Lipinski definition) is 1. The highest BCUT2D eigenvalue weighted by atomic mass is 32.2. The molecule has 138 valence electrons. The normalized spacial score (nSPS) is 19.8. The van der Waals surface area contributed by atoms with Crippen molar-refractivity contribution in [3.8, 4) is 0 Å². The zero-order chi connectivity index (χ0) is 18.7. The molecule has 0 spiro atoms. The summed E-state index contributed by atoms with van der Waals surface area (Å²) in [5.41, 5.74) is 5.74. The Bertz CT molecular complexity index is 604. The first-order valence-corrected chi connectivity index (χ1v) is 9.97. The van der Waals surface area contributed by atoms with Gasteiger partial charge in [-0.05, 0) is 74.7 Å². The van der Waals surface area contributed by atoms with Crippen LogP contribution in [0, 0.1) is 5.41 Å². The molecule has 3 heteroatoms. The molecule has 0 aromatic heterocycles. The van der Waals surface area contributed by atoms with Crippen LogP contribution < -0.4 is 0 Å². The van der Waals surface area contributed by atoms with Gasteiger partial charge in [0.2, 0.25) is 0 Å². The van der Waals surface area contributed by atoms with Gasteiger partial charge in [0.25, 0.3) is 0 Å². The maximum Gasteiger partial charge on any atom is 0.0502 e. The Morgan fingerprint density at radius 2 is 1.92 bits per heavy atom. The molecule has 2 nitrogen and oxygen atoms in total. The van der Waals surface area contributed by atoms with Crippen LogP contribution in [0.4, 0.5) is 0 Å². The molecule has 0 aromatic carbocycles. The van der Waals surface area contributed by atoms with Crippen LogP contribution in [0.5, 0.6) is 0 Å². The van der Waals surface area contributed by atoms with E-state index in [1.165, 1.54) is 36.0 Å². The van der Waals surface area contributed by atoms with Gasteiger partial charge in [0, 0.05) is 12.0 Å². The third-order valence-corrected chi connectivity index (χ3v) is 4.89. The smallest absolute Gasteiger partial charge is 0.0502 e. The van der Waals surface area contributed by atoms with Crippen molar-refractivity contribution in [1.82, 2.24) is 0 Å². The van der Waals surface area contributed by atoms with Crippen LogP contribution in [0.2, 0.25) is 0 Å². The van der Waals surface area contributed by atoms with Crippen LogP contribution in [0.3, 0.4) is 0 Å². The minimum absolute atomic E-state index is 0.294. The van der Waals surface area contributed by atoms with Gasteiger partial charge in [-0.2, -0.15) is 0 Å². The Morgan fingerprint density at radius 3 is 2.60 bits per heavy atom. The molecule has 0 radical (unpaired) electrons. The van der Waals surface area contributed by atoms with Gasteiger partial charge in [0.1, 0.15) is 0 Å². The molecular weight excluding hydrogens is 326 g/mol. The molecule has 25 heavy (non-hydrogen) atoms. The van der Waals surface area contributed by atoms with E-state index in [-0.39, 0.29) is 0 Å². The zero-order valence-electron chi connectivity index (χ0n) is 16.4. The van der Waals surface area contributed by atoms with Gasteiger partial charge in [-0.1, -0.05) is 55.4 Å². The molecule has 0 saturated heterocycles. The van der Waals surface area contributed by atoms with Crippen molar-refractivity contribution in [3.05, 3.63) is 58.7 Å². The van der Waals surface area contributed by atoms with Crippen molar-refractivity contribution in [2.45, 2.75) is 53.9 Å². The molecule has 0 saturated carbocycles. The first kappa shape index (κ1) is 21.7. The molecule has 1 rings (SSSR count). The van der Waals surface area contributed by atoms with Crippen molar-refractivity contribution in [3.63, 3.8) is 0 Å². The molecule has 1 aliphatic carbocycles. The molecule has 0 heterocycles. The van der Waals surface area contributed by atoms with E-state index in [2.05, 4.69) is 70.0 Å². The van der Waals surface area contributed by atoms with Gasteiger partial charge in [0.15, 0.2) is 0 Å². The highest BCUT2D eigenvalue weighted by molar-refractivity contribution is 7.93. The lowest BCUT2D eigenvalue weighted by atomic mass is 9.72. The third kappa shape index (κ3) is 8.55. The van der Waals surface area contributed by atoms with Crippen molar-refractivity contribution in [2.75, 3.05) is 12.3 Å². The Morgan fingerprint density at radius 1 is 1.20 bits per heavy atom. The Balaban J connectivity index is 2.63. The first-order valence-electron chi connectivity index (χ1n) is 9.03. The fraction of sp³-hybridized carbons (Fsp3) is 0.500. The first-order chi connectivity index (χ1) is 11.9. The molecule has 0 amide bonds. The summed E-state index contributed by atoms with van der Waals surface area (Å²) in [6, 6.07) is 0. The van der Waals surface area contributed by atoms with Crippen molar-refractivity contribution in [1.29, 1.82) is 0 Å². The summed E-state index contributed by atoms with van der Waals surface area (Å²) in [5, 5.41) is 0. The monoisotopic (exact) mass is 359 g/mol. The standard InChI is InChI=1S/C22H33NOS/c1-18(8-6-9-19(2)13-15-23-16-17-25-24)11-12-21-20(3)10-7-14-22(21,4)5/h6,8-9,11-13,15,24H,7,10,14,16-17H2,1-5H3/b9-6+,12-11+,18-8+,19-13+,23-15?. The summed E-state index contributed by atoms with van der Waals surface area (Å²) in [5.74, 6) is 0.639. The summed E-state index contributed by atoms with van der Waals surface area (Å²) >= 11 is 0.826. The lowest BCUT2D eigenvalue weighted by Gasteiger charge is -2.32. The number of hydrogen-bond acceptors (Lipinski definition) is 3. The van der Waals surface area contributed by atoms with Crippen LogP contribution in [0.15, 0.2) is 63.7 Å². The summed E-state index contributed by atoms with van der Waals surface area (Å²) in [4.78, 5) is 4.20. The largest absolute Gasteiger partial charge is 0.330 e.